The Morgan fingerprint density at radius 2 is 0.429 bits per heavy atom. The van der Waals surface area contributed by atoms with Crippen LogP contribution in [0.4, 0.5) is 0 Å². The van der Waals surface area contributed by atoms with Crippen molar-refractivity contribution < 1.29 is 96.9 Å². The standard InChI is InChI=1S/Na.5H2O.Th/h;5*1H2;/q+1;;;;;;+4/p-5. The van der Waals surface area contributed by atoms with Gasteiger partial charge >= 0.3 is 69.5 Å². The Morgan fingerprint density at radius 3 is 0.429 bits per heavy atom. The van der Waals surface area contributed by atoms with Crippen LogP contribution in [0.3, 0.4) is 0 Å². The first kappa shape index (κ1) is 133. The summed E-state index contributed by atoms with van der Waals surface area (Å²) in [6.45, 7) is 0. The third kappa shape index (κ3) is 67.5. The predicted molar refractivity (Wildman–Crippen MR) is 9.68 cm³/mol. The molecular formula is H5NaO5Th. The Morgan fingerprint density at radius 1 is 0.429 bits per heavy atom. The van der Waals surface area contributed by atoms with Gasteiger partial charge in [-0.15, -0.1) is 0 Å². The van der Waals surface area contributed by atoms with Crippen LogP contribution in [0.5, 0.6) is 0 Å². The maximum absolute atomic E-state index is 0. The second-order valence-corrected chi connectivity index (χ2v) is 0. The van der Waals surface area contributed by atoms with Gasteiger partial charge < -0.3 is 27.4 Å². The van der Waals surface area contributed by atoms with E-state index in [1.807, 2.05) is 0 Å². The summed E-state index contributed by atoms with van der Waals surface area (Å²) < 4.78 is 0. The van der Waals surface area contributed by atoms with Crippen molar-refractivity contribution in [3.8, 4) is 0 Å². The van der Waals surface area contributed by atoms with E-state index in [0.29, 0.717) is 0 Å². The molecule has 0 fully saturated rings. The van der Waals surface area contributed by atoms with Crippen molar-refractivity contribution in [1.82, 2.24) is 0 Å². The summed E-state index contributed by atoms with van der Waals surface area (Å²) >= 11 is 0. The summed E-state index contributed by atoms with van der Waals surface area (Å²) in [6, 6.07) is 0. The minimum absolute atomic E-state index is 0. The first-order valence-corrected chi connectivity index (χ1v) is 0. The minimum atomic E-state index is 0. The average molecular weight is 340 g/mol. The zero-order valence-corrected chi connectivity index (χ0v) is 9.85. The van der Waals surface area contributed by atoms with Gasteiger partial charge in [-0.1, -0.05) is 0 Å². The molecule has 5 nitrogen and oxygen atoms in total. The molecule has 0 heterocycles. The third-order valence-electron chi connectivity index (χ3n) is 0. The van der Waals surface area contributed by atoms with Crippen molar-refractivity contribution in [2.24, 2.45) is 0 Å². The van der Waals surface area contributed by atoms with Crippen LogP contribution in [-0.2, 0) is 0 Å². The van der Waals surface area contributed by atoms with E-state index in [4.69, 9.17) is 0 Å². The van der Waals surface area contributed by atoms with Gasteiger partial charge in [0.05, 0.1) is 0 Å². The SMILES string of the molecule is [Na+].[OH-].[OH-].[OH-].[OH-].[OH-].[Th+4]. The first-order valence-electron chi connectivity index (χ1n) is 0. The molecule has 0 spiro atoms. The molecule has 7 heavy (non-hydrogen) atoms. The molecule has 0 rings (SSSR count). The van der Waals surface area contributed by atoms with Gasteiger partial charge in [-0.25, -0.2) is 0 Å². The molecule has 0 radical (unpaired) electrons. The maximum Gasteiger partial charge on any atom is 4.00 e. The molecule has 0 bridgehead atoms. The Kier molecular flexibility index (Phi) is 1740. The summed E-state index contributed by atoms with van der Waals surface area (Å²) in [7, 11) is 0. The van der Waals surface area contributed by atoms with Crippen molar-refractivity contribution in [3.05, 3.63) is 0 Å². The third-order valence-corrected chi connectivity index (χ3v) is 0. The predicted octanol–water partition coefficient (Wildman–Crippen LogP) is -3.88. The second kappa shape index (κ2) is 91.4. The molecule has 0 unspecified atom stereocenters. The molecule has 0 aliphatic carbocycles. The van der Waals surface area contributed by atoms with Crippen LogP contribution in [0.2, 0.25) is 0 Å². The van der Waals surface area contributed by atoms with Crippen molar-refractivity contribution in [2.75, 3.05) is 0 Å². The van der Waals surface area contributed by atoms with Gasteiger partial charge in [-0.05, 0) is 0 Å². The Hall–Kier alpha value is 2.12. The van der Waals surface area contributed by atoms with Crippen molar-refractivity contribution in [2.45, 2.75) is 0 Å². The van der Waals surface area contributed by atoms with Crippen LogP contribution in [0.25, 0.3) is 0 Å². The van der Waals surface area contributed by atoms with Crippen LogP contribution in [0, 0.1) is 39.9 Å². The van der Waals surface area contributed by atoms with Gasteiger partial charge in [-0.2, -0.15) is 0 Å². The molecule has 0 saturated heterocycles. The van der Waals surface area contributed by atoms with Crippen LogP contribution in [-0.4, -0.2) is 27.4 Å². The normalized spacial score (nSPS) is 0. The largest absolute Gasteiger partial charge is 4.00 e. The quantitative estimate of drug-likeness (QED) is 0.413. The molecule has 0 atom stereocenters. The van der Waals surface area contributed by atoms with Crippen LogP contribution in [0.15, 0.2) is 0 Å². The van der Waals surface area contributed by atoms with Gasteiger partial charge in [0.2, 0.25) is 0 Å². The smallest absolute Gasteiger partial charge is 0.870 e. The summed E-state index contributed by atoms with van der Waals surface area (Å²) in [5.41, 5.74) is 0. The van der Waals surface area contributed by atoms with Gasteiger partial charge in [0, 0.05) is 0 Å². The average Bonchev–Trinajstić information content (AvgIpc) is 0. The molecule has 5 N–H and O–H groups in total. The maximum atomic E-state index is 0. The van der Waals surface area contributed by atoms with Gasteiger partial charge in [0.1, 0.15) is 0 Å². The fourth-order valence-corrected chi connectivity index (χ4v) is 0. The topological polar surface area (TPSA) is 150 Å². The summed E-state index contributed by atoms with van der Waals surface area (Å²) in [5, 5.41) is 0. The van der Waals surface area contributed by atoms with E-state index in [1.165, 1.54) is 0 Å². The minimum Gasteiger partial charge on any atom is -0.870 e. The Labute approximate surface area is 95.4 Å². The number of hydrogen-bond donors (Lipinski definition) is 0. The van der Waals surface area contributed by atoms with E-state index in [9.17, 15) is 0 Å². The monoisotopic (exact) mass is 340 g/mol. The van der Waals surface area contributed by atoms with E-state index in [0.717, 1.165) is 0 Å². The molecule has 0 aliphatic heterocycles. The zero-order valence-electron chi connectivity index (χ0n) is 3.74. The van der Waals surface area contributed by atoms with E-state index in [-0.39, 0.29) is 96.9 Å². The van der Waals surface area contributed by atoms with E-state index in [1.54, 1.807) is 0 Å². The first-order chi connectivity index (χ1) is 0. The van der Waals surface area contributed by atoms with Crippen molar-refractivity contribution >= 4 is 0 Å². The van der Waals surface area contributed by atoms with Gasteiger partial charge in [0.15, 0.2) is 0 Å². The molecule has 0 saturated carbocycles. The van der Waals surface area contributed by atoms with Crippen LogP contribution < -0.4 is 29.6 Å². The Balaban J connectivity index is 0. The molecule has 7 heteroatoms. The number of rotatable bonds is 0. The summed E-state index contributed by atoms with van der Waals surface area (Å²) in [5.74, 6) is 0. The van der Waals surface area contributed by atoms with Crippen molar-refractivity contribution in [3.63, 3.8) is 0 Å². The van der Waals surface area contributed by atoms with E-state index < -0.39 is 0 Å². The summed E-state index contributed by atoms with van der Waals surface area (Å²) in [6.07, 6.45) is 0. The molecule has 0 amide bonds. The van der Waals surface area contributed by atoms with Crippen LogP contribution >= 0.6 is 0 Å². The van der Waals surface area contributed by atoms with E-state index >= 15 is 0 Å². The number of hydrogen-bond acceptors (Lipinski definition) is 5. The zero-order chi connectivity index (χ0) is 0. The molecule has 0 aromatic rings. The van der Waals surface area contributed by atoms with Gasteiger partial charge in [0.25, 0.3) is 0 Å². The summed E-state index contributed by atoms with van der Waals surface area (Å²) in [4.78, 5) is 0. The van der Waals surface area contributed by atoms with Gasteiger partial charge in [-0.3, -0.25) is 0 Å². The molecule has 40 valence electrons. The fraction of sp³-hybridized carbons (Fsp3) is 0. The molecular weight excluding hydrogens is 335 g/mol. The fourth-order valence-electron chi connectivity index (χ4n) is 0. The Bertz CT molecular complexity index is 8.04. The van der Waals surface area contributed by atoms with E-state index in [2.05, 4.69) is 0 Å². The molecule has 0 aromatic carbocycles. The van der Waals surface area contributed by atoms with Crippen molar-refractivity contribution in [1.29, 1.82) is 0 Å². The second-order valence-electron chi connectivity index (χ2n) is 0. The van der Waals surface area contributed by atoms with Crippen LogP contribution in [0.1, 0.15) is 0 Å². The molecule has 0 aliphatic rings. The molecule has 0 aromatic heterocycles.